The van der Waals surface area contributed by atoms with Crippen LogP contribution in [0.5, 0.6) is 5.75 Å². The van der Waals surface area contributed by atoms with E-state index in [0.717, 1.165) is 18.4 Å². The maximum Gasteiger partial charge on any atom is 0.573 e. The summed E-state index contributed by atoms with van der Waals surface area (Å²) in [5.41, 5.74) is 2.01. The molecule has 2 aromatic rings. The van der Waals surface area contributed by atoms with E-state index in [1.54, 1.807) is 37.4 Å². The van der Waals surface area contributed by atoms with Crippen LogP contribution in [0.4, 0.5) is 13.2 Å². The zero-order valence-corrected chi connectivity index (χ0v) is 16.3. The first-order valence-electron chi connectivity index (χ1n) is 9.38. The minimum absolute atomic E-state index is 0.101. The number of halogens is 3. The molecule has 1 saturated carbocycles. The summed E-state index contributed by atoms with van der Waals surface area (Å²) in [6.07, 6.45) is 0.349. The van der Waals surface area contributed by atoms with Gasteiger partial charge in [0.05, 0.1) is 0 Å². The van der Waals surface area contributed by atoms with Gasteiger partial charge in [0.1, 0.15) is 5.75 Å². The molecule has 0 bridgehead atoms. The lowest BCUT2D eigenvalue weighted by molar-refractivity contribution is -0.274. The monoisotopic (exact) mass is 418 g/mol. The standard InChI is InChI=1S/C22H21F3N2O3/c1-27(14-16-4-11-19(12-5-16)30-22(23,24)25)20(28)13-6-15-2-7-17(8-3-15)21(29)26-18-9-10-18/h2-8,11-13,18H,9-10,14H2,1H3,(H,26,29)/b13-6+. The summed E-state index contributed by atoms with van der Waals surface area (Å²) in [5.74, 6) is -0.675. The maximum absolute atomic E-state index is 12.3. The average molecular weight is 418 g/mol. The van der Waals surface area contributed by atoms with Crippen LogP contribution in [-0.2, 0) is 11.3 Å². The third kappa shape index (κ3) is 6.65. The Morgan fingerprint density at radius 1 is 1.10 bits per heavy atom. The SMILES string of the molecule is CN(Cc1ccc(OC(F)(F)F)cc1)C(=O)/C=C/c1ccc(C(=O)NC2CC2)cc1. The van der Waals surface area contributed by atoms with Crippen LogP contribution in [0.15, 0.2) is 54.6 Å². The smallest absolute Gasteiger partial charge is 0.406 e. The van der Waals surface area contributed by atoms with Crippen molar-refractivity contribution in [3.8, 4) is 5.75 Å². The van der Waals surface area contributed by atoms with Gasteiger partial charge in [0.15, 0.2) is 0 Å². The highest BCUT2D eigenvalue weighted by atomic mass is 19.4. The second-order valence-corrected chi connectivity index (χ2v) is 7.09. The van der Waals surface area contributed by atoms with Gasteiger partial charge in [-0.15, -0.1) is 13.2 Å². The number of hydrogen-bond donors (Lipinski definition) is 1. The lowest BCUT2D eigenvalue weighted by Crippen LogP contribution is -2.25. The topological polar surface area (TPSA) is 58.6 Å². The normalized spacial score (nSPS) is 13.9. The Morgan fingerprint density at radius 3 is 2.30 bits per heavy atom. The van der Waals surface area contributed by atoms with Crippen molar-refractivity contribution in [1.82, 2.24) is 10.2 Å². The number of carbonyl (C=O) groups excluding carboxylic acids is 2. The van der Waals surface area contributed by atoms with E-state index in [4.69, 9.17) is 0 Å². The fourth-order valence-corrected chi connectivity index (χ4v) is 2.69. The van der Waals surface area contributed by atoms with E-state index in [9.17, 15) is 22.8 Å². The third-order valence-electron chi connectivity index (χ3n) is 4.46. The second-order valence-electron chi connectivity index (χ2n) is 7.09. The molecule has 3 rings (SSSR count). The van der Waals surface area contributed by atoms with Crippen molar-refractivity contribution in [2.75, 3.05) is 7.05 Å². The molecule has 0 unspecified atom stereocenters. The van der Waals surface area contributed by atoms with Gasteiger partial charge in [-0.25, -0.2) is 0 Å². The van der Waals surface area contributed by atoms with E-state index in [-0.39, 0.29) is 24.1 Å². The predicted molar refractivity (Wildman–Crippen MR) is 106 cm³/mol. The van der Waals surface area contributed by atoms with Crippen LogP contribution in [0.1, 0.15) is 34.3 Å². The fourth-order valence-electron chi connectivity index (χ4n) is 2.69. The van der Waals surface area contributed by atoms with Crippen molar-refractivity contribution in [2.45, 2.75) is 31.8 Å². The summed E-state index contributed by atoms with van der Waals surface area (Å²) in [5, 5.41) is 2.91. The second kappa shape index (κ2) is 9.02. The number of hydrogen-bond acceptors (Lipinski definition) is 3. The molecular weight excluding hydrogens is 397 g/mol. The molecule has 1 fully saturated rings. The summed E-state index contributed by atoms with van der Waals surface area (Å²) in [6.45, 7) is 0.232. The quantitative estimate of drug-likeness (QED) is 0.688. The molecule has 0 radical (unpaired) electrons. The number of nitrogens with one attached hydrogen (secondary N) is 1. The number of benzene rings is 2. The lowest BCUT2D eigenvalue weighted by Gasteiger charge is -2.16. The maximum atomic E-state index is 12.3. The summed E-state index contributed by atoms with van der Waals surface area (Å²) in [7, 11) is 1.60. The van der Waals surface area contributed by atoms with Crippen molar-refractivity contribution >= 4 is 17.9 Å². The Kier molecular flexibility index (Phi) is 6.44. The average Bonchev–Trinajstić information content (AvgIpc) is 3.50. The molecule has 5 nitrogen and oxygen atoms in total. The van der Waals surface area contributed by atoms with E-state index in [1.807, 2.05) is 0 Å². The Labute approximate surface area is 172 Å². The van der Waals surface area contributed by atoms with Crippen LogP contribution in [0.2, 0.25) is 0 Å². The van der Waals surface area contributed by atoms with Crippen molar-refractivity contribution < 1.29 is 27.5 Å². The summed E-state index contributed by atoms with van der Waals surface area (Å²) < 4.78 is 40.4. The van der Waals surface area contributed by atoms with Crippen LogP contribution < -0.4 is 10.1 Å². The van der Waals surface area contributed by atoms with Gasteiger partial charge in [0.2, 0.25) is 5.91 Å². The highest BCUT2D eigenvalue weighted by Gasteiger charge is 2.31. The van der Waals surface area contributed by atoms with Crippen molar-refractivity contribution in [2.24, 2.45) is 0 Å². The van der Waals surface area contributed by atoms with Gasteiger partial charge in [-0.3, -0.25) is 9.59 Å². The molecule has 2 aromatic carbocycles. The van der Waals surface area contributed by atoms with Gasteiger partial charge < -0.3 is 15.0 Å². The fraction of sp³-hybridized carbons (Fsp3) is 0.273. The van der Waals surface area contributed by atoms with Crippen molar-refractivity contribution in [1.29, 1.82) is 0 Å². The Hall–Kier alpha value is -3.29. The molecule has 1 N–H and O–H groups in total. The molecule has 0 atom stereocenters. The predicted octanol–water partition coefficient (Wildman–Crippen LogP) is 4.15. The van der Waals surface area contributed by atoms with Crippen molar-refractivity contribution in [3.63, 3.8) is 0 Å². The first kappa shape index (κ1) is 21.4. The molecule has 158 valence electrons. The number of nitrogens with zero attached hydrogens (tertiary/aromatic N) is 1. The Bertz CT molecular complexity index is 918. The van der Waals surface area contributed by atoms with E-state index < -0.39 is 6.36 Å². The zero-order valence-electron chi connectivity index (χ0n) is 16.3. The van der Waals surface area contributed by atoms with E-state index in [2.05, 4.69) is 10.1 Å². The Morgan fingerprint density at radius 2 is 1.73 bits per heavy atom. The zero-order chi connectivity index (χ0) is 21.7. The number of ether oxygens (including phenoxy) is 1. The van der Waals surface area contributed by atoms with E-state index in [0.29, 0.717) is 17.2 Å². The van der Waals surface area contributed by atoms with Crippen LogP contribution in [0.3, 0.4) is 0 Å². The van der Waals surface area contributed by atoms with E-state index >= 15 is 0 Å². The van der Waals surface area contributed by atoms with Crippen LogP contribution in [0.25, 0.3) is 6.08 Å². The molecule has 30 heavy (non-hydrogen) atoms. The minimum Gasteiger partial charge on any atom is -0.406 e. The number of likely N-dealkylation sites (N-methyl/N-ethyl adjacent to an activating group) is 1. The molecule has 0 spiro atoms. The summed E-state index contributed by atoms with van der Waals surface area (Å²) in [4.78, 5) is 25.7. The molecule has 0 aromatic heterocycles. The molecule has 2 amide bonds. The van der Waals surface area contributed by atoms with Gasteiger partial charge in [-0.05, 0) is 54.3 Å². The molecule has 0 aliphatic heterocycles. The first-order chi connectivity index (χ1) is 14.2. The minimum atomic E-state index is -4.74. The van der Waals surface area contributed by atoms with Gasteiger partial charge in [-0.1, -0.05) is 24.3 Å². The molecule has 0 heterocycles. The van der Waals surface area contributed by atoms with Gasteiger partial charge in [0.25, 0.3) is 5.91 Å². The number of rotatable bonds is 7. The highest BCUT2D eigenvalue weighted by molar-refractivity contribution is 5.95. The molecule has 8 heteroatoms. The highest BCUT2D eigenvalue weighted by Crippen LogP contribution is 2.23. The summed E-state index contributed by atoms with van der Waals surface area (Å²) in [6, 6.07) is 12.6. The lowest BCUT2D eigenvalue weighted by atomic mass is 10.1. The first-order valence-corrected chi connectivity index (χ1v) is 9.38. The molecule has 0 saturated heterocycles. The van der Waals surface area contributed by atoms with Crippen LogP contribution >= 0.6 is 0 Å². The number of carbonyl (C=O) groups is 2. The summed E-state index contributed by atoms with van der Waals surface area (Å²) >= 11 is 0. The van der Waals surface area contributed by atoms with Crippen LogP contribution in [-0.4, -0.2) is 36.2 Å². The largest absolute Gasteiger partial charge is 0.573 e. The van der Waals surface area contributed by atoms with E-state index in [1.165, 1.54) is 35.2 Å². The van der Waals surface area contributed by atoms with Crippen LogP contribution in [0, 0.1) is 0 Å². The molecule has 1 aliphatic rings. The van der Waals surface area contributed by atoms with Gasteiger partial charge >= 0.3 is 6.36 Å². The van der Waals surface area contributed by atoms with Gasteiger partial charge in [-0.2, -0.15) is 0 Å². The van der Waals surface area contributed by atoms with Crippen molar-refractivity contribution in [3.05, 3.63) is 71.3 Å². The molecule has 1 aliphatic carbocycles. The third-order valence-corrected chi connectivity index (χ3v) is 4.46. The van der Waals surface area contributed by atoms with Gasteiger partial charge in [0, 0.05) is 31.3 Å². The number of alkyl halides is 3. The molecular formula is C22H21F3N2O3. The Balaban J connectivity index is 1.52. The number of amides is 2.